The summed E-state index contributed by atoms with van der Waals surface area (Å²) in [6, 6.07) is 15.1. The van der Waals surface area contributed by atoms with Crippen LogP contribution in [0.15, 0.2) is 60.9 Å². The molecule has 4 rings (SSSR count). The molecule has 0 amide bonds. The van der Waals surface area contributed by atoms with Crippen LogP contribution in [0.4, 0.5) is 21.6 Å². The van der Waals surface area contributed by atoms with E-state index in [2.05, 4.69) is 25.2 Å². The largest absolute Gasteiger partial charge is 0.340 e. The van der Waals surface area contributed by atoms with E-state index < -0.39 is 0 Å². The Bertz CT molecular complexity index is 1090. The van der Waals surface area contributed by atoms with Gasteiger partial charge >= 0.3 is 0 Å². The van der Waals surface area contributed by atoms with Gasteiger partial charge < -0.3 is 5.32 Å². The maximum absolute atomic E-state index is 13.6. The highest BCUT2D eigenvalue weighted by Gasteiger charge is 2.10. The summed E-state index contributed by atoms with van der Waals surface area (Å²) in [4.78, 5) is 11.9. The minimum atomic E-state index is -0.327. The van der Waals surface area contributed by atoms with Crippen LogP contribution in [0.25, 0.3) is 21.9 Å². The number of nitrogens with one attached hydrogen (secondary N) is 1. The quantitative estimate of drug-likeness (QED) is 0.571. The molecule has 0 spiro atoms. The van der Waals surface area contributed by atoms with Gasteiger partial charge in [0.2, 0.25) is 0 Å². The average Bonchev–Trinajstić information content (AvgIpc) is 3.10. The van der Waals surface area contributed by atoms with Crippen LogP contribution in [0.2, 0.25) is 0 Å². The molecule has 2 aromatic carbocycles. The van der Waals surface area contributed by atoms with E-state index in [0.717, 1.165) is 5.69 Å². The van der Waals surface area contributed by atoms with Crippen LogP contribution in [0.5, 0.6) is 0 Å². The fourth-order valence-electron chi connectivity index (χ4n) is 2.50. The maximum atomic E-state index is 13.6. The van der Waals surface area contributed by atoms with Gasteiger partial charge in [-0.25, -0.2) is 9.24 Å². The van der Waals surface area contributed by atoms with Gasteiger partial charge in [-0.1, -0.05) is 24.3 Å². The highest BCUT2D eigenvalue weighted by atomic mass is 19.1. The fraction of sp³-hybridized carbons (Fsp3) is 0. The zero-order valence-corrected chi connectivity index (χ0v) is 12.9. The number of hydrogen-bond donors (Lipinski definition) is 1. The normalized spacial score (nSPS) is 10.6. The third kappa shape index (κ3) is 2.88. The second kappa shape index (κ2) is 6.02. The number of benzene rings is 2. The topological polar surface area (TPSA) is 59.5 Å². The van der Waals surface area contributed by atoms with Gasteiger partial charge in [-0.15, -0.1) is 0 Å². The van der Waals surface area contributed by atoms with E-state index >= 15 is 0 Å². The number of hydrogen-bond acceptors (Lipinski definition) is 4. The Hall–Kier alpha value is -3.79. The lowest BCUT2D eigenvalue weighted by molar-refractivity contribution is 0.628. The summed E-state index contributed by atoms with van der Waals surface area (Å²) in [5, 5.41) is 7.33. The van der Waals surface area contributed by atoms with E-state index in [1.165, 1.54) is 18.5 Å². The van der Waals surface area contributed by atoms with Crippen molar-refractivity contribution in [3.05, 3.63) is 78.2 Å². The van der Waals surface area contributed by atoms with Crippen molar-refractivity contribution in [3.8, 4) is 11.3 Å². The van der Waals surface area contributed by atoms with Crippen molar-refractivity contribution in [3.63, 3.8) is 0 Å². The van der Waals surface area contributed by atoms with Crippen LogP contribution < -0.4 is 5.32 Å². The summed E-state index contributed by atoms with van der Waals surface area (Å²) in [7, 11) is 0. The molecule has 0 saturated heterocycles. The Morgan fingerprint density at radius 1 is 1.08 bits per heavy atom. The number of nitrogens with zero attached hydrogens (tertiary/aromatic N) is 5. The summed E-state index contributed by atoms with van der Waals surface area (Å²) >= 11 is 0. The molecule has 4 aromatic rings. The third-order valence-corrected chi connectivity index (χ3v) is 3.64. The Balaban J connectivity index is 1.78. The van der Waals surface area contributed by atoms with Crippen molar-refractivity contribution in [2.75, 3.05) is 5.32 Å². The molecule has 2 heterocycles. The predicted molar refractivity (Wildman–Crippen MR) is 92.2 cm³/mol. The molecule has 25 heavy (non-hydrogen) atoms. The molecular formula is C18H11FN6. The van der Waals surface area contributed by atoms with Gasteiger partial charge in [0.25, 0.3) is 5.78 Å². The van der Waals surface area contributed by atoms with Crippen LogP contribution in [-0.2, 0) is 0 Å². The lowest BCUT2D eigenvalue weighted by atomic mass is 10.1. The molecule has 0 atom stereocenters. The van der Waals surface area contributed by atoms with Gasteiger partial charge in [-0.2, -0.15) is 19.6 Å². The average molecular weight is 330 g/mol. The molecule has 2 aromatic heterocycles. The molecule has 1 N–H and O–H groups in total. The van der Waals surface area contributed by atoms with E-state index in [4.69, 9.17) is 6.57 Å². The van der Waals surface area contributed by atoms with Crippen LogP contribution >= 0.6 is 0 Å². The predicted octanol–water partition coefficient (Wildman–Crippen LogP) is 4.22. The van der Waals surface area contributed by atoms with Gasteiger partial charge in [-0.05, 0) is 24.3 Å². The number of aromatic nitrogens is 4. The number of fused-ring (bicyclic) bond motifs is 1. The highest BCUT2D eigenvalue weighted by molar-refractivity contribution is 5.69. The lowest BCUT2D eigenvalue weighted by Gasteiger charge is -2.10. The highest BCUT2D eigenvalue weighted by Crippen LogP contribution is 2.25. The second-order valence-electron chi connectivity index (χ2n) is 5.29. The monoisotopic (exact) mass is 330 g/mol. The van der Waals surface area contributed by atoms with Gasteiger partial charge in [-0.3, -0.25) is 0 Å². The number of halogens is 1. The first kappa shape index (κ1) is 14.8. The van der Waals surface area contributed by atoms with Crippen molar-refractivity contribution >= 4 is 23.0 Å². The van der Waals surface area contributed by atoms with Gasteiger partial charge in [0, 0.05) is 17.3 Å². The van der Waals surface area contributed by atoms with Crippen molar-refractivity contribution in [2.45, 2.75) is 0 Å². The molecule has 0 unspecified atom stereocenters. The van der Waals surface area contributed by atoms with Crippen LogP contribution in [0.3, 0.4) is 0 Å². The first-order valence-electron chi connectivity index (χ1n) is 7.44. The smallest absolute Gasteiger partial charge is 0.254 e. The zero-order valence-electron chi connectivity index (χ0n) is 12.9. The minimum absolute atomic E-state index is 0.327. The minimum Gasteiger partial charge on any atom is -0.340 e. The third-order valence-electron chi connectivity index (χ3n) is 3.64. The van der Waals surface area contributed by atoms with E-state index in [1.54, 1.807) is 47.0 Å². The molecule has 0 saturated carbocycles. The van der Waals surface area contributed by atoms with Gasteiger partial charge in [0.1, 0.15) is 18.0 Å². The van der Waals surface area contributed by atoms with Gasteiger partial charge in [0.15, 0.2) is 5.69 Å². The molecule has 0 fully saturated rings. The lowest BCUT2D eigenvalue weighted by Crippen LogP contribution is -2.01. The standard InChI is InChI=1S/C18H11FN6/c1-20-14-5-7-15(8-6-14)23-17-10-16(12-3-2-4-13(19)9-12)25-18(24-17)21-11-22-25/h2-11H,(H,21,22,23,24). The summed E-state index contributed by atoms with van der Waals surface area (Å²) < 4.78 is 15.2. The molecule has 0 aliphatic rings. The summed E-state index contributed by atoms with van der Waals surface area (Å²) in [6.07, 6.45) is 1.40. The van der Waals surface area contributed by atoms with E-state index in [0.29, 0.717) is 28.5 Å². The molecule has 120 valence electrons. The van der Waals surface area contributed by atoms with Crippen LogP contribution in [0.1, 0.15) is 0 Å². The fourth-order valence-corrected chi connectivity index (χ4v) is 2.50. The number of anilines is 2. The number of rotatable bonds is 3. The van der Waals surface area contributed by atoms with Crippen molar-refractivity contribution in [1.82, 2.24) is 19.6 Å². The van der Waals surface area contributed by atoms with Crippen LogP contribution in [-0.4, -0.2) is 19.6 Å². The SMILES string of the molecule is [C-]#[N+]c1ccc(Nc2cc(-c3cccc(F)c3)n3ncnc3n2)cc1. The summed E-state index contributed by atoms with van der Waals surface area (Å²) in [6.45, 7) is 6.99. The van der Waals surface area contributed by atoms with E-state index in [1.807, 2.05) is 0 Å². The summed E-state index contributed by atoms with van der Waals surface area (Å²) in [5.41, 5.74) is 2.69. The van der Waals surface area contributed by atoms with Crippen molar-refractivity contribution in [1.29, 1.82) is 0 Å². The zero-order chi connectivity index (χ0) is 17.2. The Labute approximate surface area is 142 Å². The van der Waals surface area contributed by atoms with Crippen molar-refractivity contribution < 1.29 is 4.39 Å². The van der Waals surface area contributed by atoms with E-state index in [-0.39, 0.29) is 5.82 Å². The molecule has 7 heteroatoms. The Morgan fingerprint density at radius 3 is 2.68 bits per heavy atom. The molecule has 0 aliphatic carbocycles. The van der Waals surface area contributed by atoms with Crippen LogP contribution in [0, 0.1) is 12.4 Å². The molecule has 0 radical (unpaired) electrons. The van der Waals surface area contributed by atoms with Crippen molar-refractivity contribution in [2.24, 2.45) is 0 Å². The molecule has 0 bridgehead atoms. The second-order valence-corrected chi connectivity index (χ2v) is 5.29. The molecular weight excluding hydrogens is 319 g/mol. The molecule has 6 nitrogen and oxygen atoms in total. The maximum Gasteiger partial charge on any atom is 0.254 e. The summed E-state index contributed by atoms with van der Waals surface area (Å²) in [5.74, 6) is 0.629. The Morgan fingerprint density at radius 2 is 1.92 bits per heavy atom. The first-order valence-corrected chi connectivity index (χ1v) is 7.44. The van der Waals surface area contributed by atoms with Gasteiger partial charge in [0.05, 0.1) is 12.3 Å². The Kier molecular flexibility index (Phi) is 3.56. The van der Waals surface area contributed by atoms with E-state index in [9.17, 15) is 4.39 Å². The molecule has 0 aliphatic heterocycles. The first-order chi connectivity index (χ1) is 12.2.